The van der Waals surface area contributed by atoms with Gasteiger partial charge in [0, 0.05) is 0 Å². The number of nitrogens with one attached hydrogen (secondary N) is 1. The highest BCUT2D eigenvalue weighted by Gasteiger charge is 2.41. The molecule has 27 heavy (non-hydrogen) atoms. The predicted octanol–water partition coefficient (Wildman–Crippen LogP) is 3.54. The van der Waals surface area contributed by atoms with Gasteiger partial charge < -0.3 is 14.8 Å². The Kier molecular flexibility index (Phi) is 8.49. The molecule has 0 unspecified atom stereocenters. The summed E-state index contributed by atoms with van der Waals surface area (Å²) in [5.41, 5.74) is 0.0934. The average Bonchev–Trinajstić information content (AvgIpc) is 2.55. The molecule has 0 aromatic heterocycles. The van der Waals surface area contributed by atoms with Crippen LogP contribution in [0.5, 0.6) is 0 Å². The minimum atomic E-state index is -5.08. The van der Waals surface area contributed by atoms with Gasteiger partial charge >= 0.3 is 18.1 Å². The van der Waals surface area contributed by atoms with Crippen molar-refractivity contribution in [1.29, 1.82) is 0 Å². The molecule has 1 aromatic rings. The van der Waals surface area contributed by atoms with Crippen LogP contribution in [-0.2, 0) is 25.7 Å². The van der Waals surface area contributed by atoms with E-state index in [0.717, 1.165) is 5.56 Å². The van der Waals surface area contributed by atoms with Crippen molar-refractivity contribution in [2.45, 2.75) is 51.6 Å². The number of rotatable bonds is 8. The van der Waals surface area contributed by atoms with E-state index in [4.69, 9.17) is 9.47 Å². The molecule has 1 aromatic carbocycles. The summed E-state index contributed by atoms with van der Waals surface area (Å²) in [6, 6.07) is 8.00. The lowest BCUT2D eigenvalue weighted by Gasteiger charge is -2.24. The molecular weight excluding hydrogens is 363 g/mol. The summed E-state index contributed by atoms with van der Waals surface area (Å²) < 4.78 is 47.8. The molecule has 0 bridgehead atoms. The van der Waals surface area contributed by atoms with Crippen LogP contribution in [0.2, 0.25) is 0 Å². The maximum atomic E-state index is 12.5. The van der Waals surface area contributed by atoms with Gasteiger partial charge in [0.25, 0.3) is 0 Å². The molecule has 0 saturated heterocycles. The van der Waals surface area contributed by atoms with E-state index >= 15 is 0 Å². The van der Waals surface area contributed by atoms with Gasteiger partial charge in [-0.15, -0.1) is 0 Å². The lowest BCUT2D eigenvalue weighted by Crippen LogP contribution is -2.48. The van der Waals surface area contributed by atoms with Gasteiger partial charge in [0.2, 0.25) is 0 Å². The van der Waals surface area contributed by atoms with Gasteiger partial charge in [-0.05, 0) is 32.8 Å². The molecule has 0 aliphatic rings. The van der Waals surface area contributed by atoms with Crippen molar-refractivity contribution in [3.63, 3.8) is 0 Å². The molecule has 1 amide bonds. The van der Waals surface area contributed by atoms with Crippen molar-refractivity contribution in [3.05, 3.63) is 48.0 Å². The van der Waals surface area contributed by atoms with Crippen molar-refractivity contribution >= 4 is 11.9 Å². The zero-order chi connectivity index (χ0) is 20.5. The molecule has 0 heterocycles. The smallest absolute Gasteiger partial charge is 0.458 e. The first-order valence-electron chi connectivity index (χ1n) is 8.36. The van der Waals surface area contributed by atoms with Crippen molar-refractivity contribution < 1.29 is 32.2 Å². The number of esters is 1. The van der Waals surface area contributed by atoms with Crippen LogP contribution >= 0.6 is 0 Å². The van der Waals surface area contributed by atoms with Crippen molar-refractivity contribution in [1.82, 2.24) is 5.32 Å². The minimum absolute atomic E-state index is 0.147. The van der Waals surface area contributed by atoms with Gasteiger partial charge in [-0.1, -0.05) is 42.5 Å². The molecule has 1 rings (SSSR count). The Morgan fingerprint density at radius 1 is 1.11 bits per heavy atom. The van der Waals surface area contributed by atoms with Crippen LogP contribution in [0, 0.1) is 0 Å². The van der Waals surface area contributed by atoms with Gasteiger partial charge in [0.05, 0.1) is 13.2 Å². The van der Waals surface area contributed by atoms with E-state index in [-0.39, 0.29) is 13.0 Å². The maximum absolute atomic E-state index is 12.5. The Labute approximate surface area is 156 Å². The SMILES string of the molecule is CC(C)(C)OC(=O)[C@H](C/C=C/COCc1ccccc1)NC(=O)C(F)(F)F. The van der Waals surface area contributed by atoms with E-state index in [0.29, 0.717) is 6.61 Å². The van der Waals surface area contributed by atoms with E-state index in [9.17, 15) is 22.8 Å². The molecule has 150 valence electrons. The number of hydrogen-bond donors (Lipinski definition) is 1. The monoisotopic (exact) mass is 387 g/mol. The second-order valence-corrected chi connectivity index (χ2v) is 6.77. The fourth-order valence-electron chi connectivity index (χ4n) is 1.95. The molecule has 0 aliphatic carbocycles. The van der Waals surface area contributed by atoms with E-state index in [1.54, 1.807) is 32.2 Å². The van der Waals surface area contributed by atoms with Crippen molar-refractivity contribution in [3.8, 4) is 0 Å². The molecule has 1 atom stereocenters. The number of carbonyl (C=O) groups excluding carboxylic acids is 2. The molecule has 0 saturated carbocycles. The van der Waals surface area contributed by atoms with Crippen LogP contribution in [0.25, 0.3) is 0 Å². The standard InChI is InChI=1S/C19H24F3NO4/c1-18(2,3)27-16(24)15(23-17(25)19(20,21)22)11-7-8-12-26-13-14-9-5-4-6-10-14/h4-10,15H,11-13H2,1-3H3,(H,23,25)/b8-7+/t15-/m0/s1. The fraction of sp³-hybridized carbons (Fsp3) is 0.474. The van der Waals surface area contributed by atoms with E-state index in [2.05, 4.69) is 0 Å². The Morgan fingerprint density at radius 2 is 1.74 bits per heavy atom. The van der Waals surface area contributed by atoms with Crippen molar-refractivity contribution in [2.24, 2.45) is 0 Å². The molecular formula is C19H24F3NO4. The number of benzene rings is 1. The number of amides is 1. The third-order valence-corrected chi connectivity index (χ3v) is 3.12. The summed E-state index contributed by atoms with van der Waals surface area (Å²) in [7, 11) is 0. The van der Waals surface area contributed by atoms with Gasteiger partial charge in [0.15, 0.2) is 0 Å². The zero-order valence-corrected chi connectivity index (χ0v) is 15.5. The largest absolute Gasteiger partial charge is 0.471 e. The van der Waals surface area contributed by atoms with E-state index < -0.39 is 29.7 Å². The van der Waals surface area contributed by atoms with E-state index in [1.165, 1.54) is 6.08 Å². The highest BCUT2D eigenvalue weighted by Crippen LogP contribution is 2.16. The summed E-state index contributed by atoms with van der Waals surface area (Å²) in [5.74, 6) is -3.12. The number of alkyl halides is 3. The van der Waals surface area contributed by atoms with Gasteiger partial charge in [0.1, 0.15) is 11.6 Å². The summed E-state index contributed by atoms with van der Waals surface area (Å²) in [4.78, 5) is 23.2. The quantitative estimate of drug-likeness (QED) is 0.421. The molecule has 8 heteroatoms. The summed E-state index contributed by atoms with van der Waals surface area (Å²) in [6.07, 6.45) is -2.19. The molecule has 0 fully saturated rings. The third-order valence-electron chi connectivity index (χ3n) is 3.12. The van der Waals surface area contributed by atoms with Crippen LogP contribution in [0.3, 0.4) is 0 Å². The second kappa shape index (κ2) is 10.1. The maximum Gasteiger partial charge on any atom is 0.471 e. The Hall–Kier alpha value is -2.35. The molecule has 0 spiro atoms. The summed E-state index contributed by atoms with van der Waals surface area (Å²) >= 11 is 0. The number of hydrogen-bond acceptors (Lipinski definition) is 4. The van der Waals surface area contributed by atoms with Crippen LogP contribution in [-0.4, -0.2) is 36.3 Å². The molecule has 0 aliphatic heterocycles. The number of halogens is 3. The van der Waals surface area contributed by atoms with Crippen LogP contribution in [0.15, 0.2) is 42.5 Å². The molecule has 1 N–H and O–H groups in total. The van der Waals surface area contributed by atoms with E-state index in [1.807, 2.05) is 30.3 Å². The highest BCUT2D eigenvalue weighted by molar-refractivity contribution is 5.87. The second-order valence-electron chi connectivity index (χ2n) is 6.77. The summed E-state index contributed by atoms with van der Waals surface area (Å²) in [5, 5.41) is 1.67. The lowest BCUT2D eigenvalue weighted by atomic mass is 10.1. The lowest BCUT2D eigenvalue weighted by molar-refractivity contribution is -0.177. The average molecular weight is 387 g/mol. The van der Waals surface area contributed by atoms with Crippen LogP contribution in [0.4, 0.5) is 13.2 Å². The topological polar surface area (TPSA) is 64.6 Å². The number of carbonyl (C=O) groups is 2. The zero-order valence-electron chi connectivity index (χ0n) is 15.5. The molecule has 5 nitrogen and oxygen atoms in total. The molecule has 0 radical (unpaired) electrons. The fourth-order valence-corrected chi connectivity index (χ4v) is 1.95. The Balaban J connectivity index is 2.56. The van der Waals surface area contributed by atoms with Gasteiger partial charge in [-0.2, -0.15) is 13.2 Å². The van der Waals surface area contributed by atoms with Crippen LogP contribution in [0.1, 0.15) is 32.8 Å². The first kappa shape index (κ1) is 22.7. The Bertz CT molecular complexity index is 637. The van der Waals surface area contributed by atoms with Gasteiger partial charge in [-0.25, -0.2) is 4.79 Å². The van der Waals surface area contributed by atoms with Crippen LogP contribution < -0.4 is 5.32 Å². The normalized spacial score (nSPS) is 13.4. The number of ether oxygens (including phenoxy) is 2. The predicted molar refractivity (Wildman–Crippen MR) is 93.7 cm³/mol. The Morgan fingerprint density at radius 3 is 2.30 bits per heavy atom. The van der Waals surface area contributed by atoms with Crippen molar-refractivity contribution in [2.75, 3.05) is 6.61 Å². The van der Waals surface area contributed by atoms with Gasteiger partial charge in [-0.3, -0.25) is 4.79 Å². The minimum Gasteiger partial charge on any atom is -0.458 e. The first-order chi connectivity index (χ1) is 12.5. The third kappa shape index (κ3) is 9.79. The first-order valence-corrected chi connectivity index (χ1v) is 8.36. The summed E-state index contributed by atoms with van der Waals surface area (Å²) in [6.45, 7) is 5.34. The highest BCUT2D eigenvalue weighted by atomic mass is 19.4.